The molecule has 0 unspecified atom stereocenters. The van der Waals surface area contributed by atoms with E-state index in [2.05, 4.69) is 18.7 Å². The van der Waals surface area contributed by atoms with Crippen molar-refractivity contribution < 1.29 is 9.90 Å². The molecule has 1 N–H and O–H groups in total. The lowest BCUT2D eigenvalue weighted by atomic mass is 9.73. The average molecular weight is 223 g/mol. The molecular formula is C13H21NO2. The van der Waals surface area contributed by atoms with Gasteiger partial charge < -0.3 is 5.11 Å². The van der Waals surface area contributed by atoms with Crippen LogP contribution < -0.4 is 0 Å². The summed E-state index contributed by atoms with van der Waals surface area (Å²) in [6.07, 6.45) is 4.85. The van der Waals surface area contributed by atoms with Crippen LogP contribution in [-0.2, 0) is 4.79 Å². The third kappa shape index (κ3) is 0.816. The van der Waals surface area contributed by atoms with Gasteiger partial charge >= 0.3 is 5.97 Å². The van der Waals surface area contributed by atoms with E-state index >= 15 is 0 Å². The van der Waals surface area contributed by atoms with Crippen LogP contribution in [0.4, 0.5) is 0 Å². The lowest BCUT2D eigenvalue weighted by molar-refractivity contribution is -0.141. The molecule has 3 nitrogen and oxygen atoms in total. The number of carboxylic acid groups (broad SMARTS) is 1. The average Bonchev–Trinajstić information content (AvgIpc) is 2.38. The van der Waals surface area contributed by atoms with Gasteiger partial charge in [0.15, 0.2) is 0 Å². The Balaban J connectivity index is 1.91. The number of aliphatic carboxylic acids is 1. The van der Waals surface area contributed by atoms with Crippen LogP contribution in [0.25, 0.3) is 0 Å². The number of fused-ring (bicyclic) bond motifs is 1. The van der Waals surface area contributed by atoms with E-state index in [-0.39, 0.29) is 6.04 Å². The monoisotopic (exact) mass is 223 g/mol. The second-order valence-corrected chi connectivity index (χ2v) is 6.62. The Morgan fingerprint density at radius 3 is 2.25 bits per heavy atom. The third-order valence-corrected chi connectivity index (χ3v) is 6.33. The molecule has 90 valence electrons. The topological polar surface area (TPSA) is 40.5 Å². The van der Waals surface area contributed by atoms with Gasteiger partial charge in [-0.2, -0.15) is 0 Å². The van der Waals surface area contributed by atoms with E-state index in [1.54, 1.807) is 0 Å². The molecule has 2 atom stereocenters. The maximum atomic E-state index is 11.2. The van der Waals surface area contributed by atoms with Crippen molar-refractivity contribution in [1.82, 2.24) is 4.90 Å². The van der Waals surface area contributed by atoms with Crippen LogP contribution in [0, 0.1) is 16.2 Å². The zero-order valence-corrected chi connectivity index (χ0v) is 10.4. The molecule has 0 bridgehead atoms. The fourth-order valence-electron chi connectivity index (χ4n) is 5.05. The van der Waals surface area contributed by atoms with Crippen molar-refractivity contribution in [2.24, 2.45) is 16.2 Å². The van der Waals surface area contributed by atoms with E-state index in [0.717, 1.165) is 13.0 Å². The van der Waals surface area contributed by atoms with E-state index in [1.165, 1.54) is 19.3 Å². The largest absolute Gasteiger partial charge is 0.480 e. The molecule has 3 rings (SSSR count). The van der Waals surface area contributed by atoms with Crippen LogP contribution in [0.2, 0.25) is 0 Å². The van der Waals surface area contributed by atoms with E-state index in [4.69, 9.17) is 0 Å². The van der Waals surface area contributed by atoms with E-state index < -0.39 is 5.97 Å². The van der Waals surface area contributed by atoms with Gasteiger partial charge in [-0.05, 0) is 42.6 Å². The molecule has 1 heterocycles. The molecule has 0 amide bonds. The second-order valence-electron chi connectivity index (χ2n) is 6.62. The zero-order valence-electron chi connectivity index (χ0n) is 10.4. The zero-order chi connectivity index (χ0) is 11.8. The summed E-state index contributed by atoms with van der Waals surface area (Å²) < 4.78 is 0. The Kier molecular flexibility index (Phi) is 1.74. The van der Waals surface area contributed by atoms with Crippen molar-refractivity contribution in [3.05, 3.63) is 0 Å². The normalized spacial score (nSPS) is 43.6. The second kappa shape index (κ2) is 2.63. The molecule has 1 saturated heterocycles. The molecule has 3 aliphatic rings. The standard InChI is InChI=1S/C13H21NO2/c1-11(2)12(5-4-6-12)13(11)7-9(10(15)16)14(3)8-13/h9H,4-8H2,1-3H3,(H,15,16)/t9-,13+/m0/s1. The minimum atomic E-state index is -0.642. The van der Waals surface area contributed by atoms with Crippen LogP contribution in [0.3, 0.4) is 0 Å². The highest BCUT2D eigenvalue weighted by Gasteiger charge is 2.84. The van der Waals surface area contributed by atoms with Crippen LogP contribution in [0.15, 0.2) is 0 Å². The summed E-state index contributed by atoms with van der Waals surface area (Å²) in [6, 6.07) is -0.251. The fraction of sp³-hybridized carbons (Fsp3) is 0.923. The van der Waals surface area contributed by atoms with E-state index in [9.17, 15) is 9.90 Å². The molecule has 2 saturated carbocycles. The SMILES string of the molecule is CN1C[C@]2(C[C@H]1C(=O)O)C(C)(C)C21CCC1. The number of likely N-dealkylation sites (tertiary alicyclic amines) is 1. The highest BCUT2D eigenvalue weighted by Crippen LogP contribution is 2.88. The van der Waals surface area contributed by atoms with Gasteiger partial charge in [0.25, 0.3) is 0 Å². The van der Waals surface area contributed by atoms with Crippen molar-refractivity contribution in [3.8, 4) is 0 Å². The first-order chi connectivity index (χ1) is 7.38. The molecule has 0 aromatic carbocycles. The predicted molar refractivity (Wildman–Crippen MR) is 61.2 cm³/mol. The van der Waals surface area contributed by atoms with Gasteiger partial charge in [0.2, 0.25) is 0 Å². The number of hydrogen-bond donors (Lipinski definition) is 1. The van der Waals surface area contributed by atoms with Gasteiger partial charge in [-0.15, -0.1) is 0 Å². The quantitative estimate of drug-likeness (QED) is 0.739. The molecule has 16 heavy (non-hydrogen) atoms. The highest BCUT2D eigenvalue weighted by atomic mass is 16.4. The smallest absolute Gasteiger partial charge is 0.320 e. The number of carboxylic acids is 1. The number of likely N-dealkylation sites (N-methyl/N-ethyl adjacent to an activating group) is 1. The molecule has 3 fully saturated rings. The van der Waals surface area contributed by atoms with E-state index in [1.807, 2.05) is 7.05 Å². The van der Waals surface area contributed by atoms with Gasteiger partial charge in [-0.25, -0.2) is 0 Å². The summed E-state index contributed by atoms with van der Waals surface area (Å²) in [5, 5.41) is 9.23. The van der Waals surface area contributed by atoms with Crippen molar-refractivity contribution in [2.75, 3.05) is 13.6 Å². The molecule has 2 spiro atoms. The Bertz CT molecular complexity index is 359. The minimum absolute atomic E-state index is 0.251. The summed E-state index contributed by atoms with van der Waals surface area (Å²) in [6.45, 7) is 5.69. The number of rotatable bonds is 1. The van der Waals surface area contributed by atoms with Crippen molar-refractivity contribution in [1.29, 1.82) is 0 Å². The lowest BCUT2D eigenvalue weighted by Gasteiger charge is -2.32. The Morgan fingerprint density at radius 2 is 1.94 bits per heavy atom. The Hall–Kier alpha value is -0.570. The Labute approximate surface area is 96.8 Å². The molecule has 1 aliphatic heterocycles. The summed E-state index contributed by atoms with van der Waals surface area (Å²) in [5.74, 6) is -0.642. The van der Waals surface area contributed by atoms with Crippen LogP contribution in [0.1, 0.15) is 39.5 Å². The molecule has 3 heteroatoms. The van der Waals surface area contributed by atoms with Gasteiger partial charge in [-0.1, -0.05) is 20.3 Å². The summed E-state index contributed by atoms with van der Waals surface area (Å²) >= 11 is 0. The van der Waals surface area contributed by atoms with Crippen molar-refractivity contribution >= 4 is 5.97 Å². The first kappa shape index (κ1) is 10.6. The van der Waals surface area contributed by atoms with Gasteiger partial charge in [0.05, 0.1) is 0 Å². The lowest BCUT2D eigenvalue weighted by Crippen LogP contribution is -2.32. The van der Waals surface area contributed by atoms with E-state index in [0.29, 0.717) is 16.2 Å². The number of nitrogens with zero attached hydrogens (tertiary/aromatic N) is 1. The maximum Gasteiger partial charge on any atom is 0.320 e. The van der Waals surface area contributed by atoms with Crippen molar-refractivity contribution in [2.45, 2.75) is 45.6 Å². The first-order valence-corrected chi connectivity index (χ1v) is 6.31. The van der Waals surface area contributed by atoms with Crippen molar-refractivity contribution in [3.63, 3.8) is 0 Å². The summed E-state index contributed by atoms with van der Waals surface area (Å²) in [4.78, 5) is 13.3. The maximum absolute atomic E-state index is 11.2. The first-order valence-electron chi connectivity index (χ1n) is 6.31. The fourth-order valence-corrected chi connectivity index (χ4v) is 5.05. The minimum Gasteiger partial charge on any atom is -0.480 e. The third-order valence-electron chi connectivity index (χ3n) is 6.33. The number of carbonyl (C=O) groups is 1. The van der Waals surface area contributed by atoms with Gasteiger partial charge in [-0.3, -0.25) is 9.69 Å². The molecule has 0 aromatic rings. The highest BCUT2D eigenvalue weighted by molar-refractivity contribution is 5.74. The summed E-state index contributed by atoms with van der Waals surface area (Å²) in [7, 11) is 1.97. The van der Waals surface area contributed by atoms with Gasteiger partial charge in [0.1, 0.15) is 6.04 Å². The van der Waals surface area contributed by atoms with Crippen LogP contribution in [0.5, 0.6) is 0 Å². The van der Waals surface area contributed by atoms with Crippen LogP contribution in [-0.4, -0.2) is 35.6 Å². The molecule has 0 radical (unpaired) electrons. The number of hydrogen-bond acceptors (Lipinski definition) is 2. The molecule has 2 aliphatic carbocycles. The molecule has 0 aromatic heterocycles. The van der Waals surface area contributed by atoms with Crippen LogP contribution >= 0.6 is 0 Å². The van der Waals surface area contributed by atoms with Gasteiger partial charge in [0, 0.05) is 6.54 Å². The summed E-state index contributed by atoms with van der Waals surface area (Å²) in [5.41, 5.74) is 1.14. The predicted octanol–water partition coefficient (Wildman–Crippen LogP) is 1.97. The molecular weight excluding hydrogens is 202 g/mol. The Morgan fingerprint density at radius 1 is 1.31 bits per heavy atom.